The van der Waals surface area contributed by atoms with Crippen molar-refractivity contribution in [1.29, 1.82) is 0 Å². The van der Waals surface area contributed by atoms with Crippen LogP contribution in [0.5, 0.6) is 0 Å². The van der Waals surface area contributed by atoms with Crippen molar-refractivity contribution >= 4 is 23.4 Å². The van der Waals surface area contributed by atoms with Crippen molar-refractivity contribution in [2.24, 2.45) is 11.8 Å². The van der Waals surface area contributed by atoms with E-state index in [-0.39, 0.29) is 29.8 Å². The minimum atomic E-state index is -1.20. The summed E-state index contributed by atoms with van der Waals surface area (Å²) in [7, 11) is 1.54. The van der Waals surface area contributed by atoms with Gasteiger partial charge < -0.3 is 15.4 Å². The average Bonchev–Trinajstić information content (AvgIpc) is 3.38. The lowest BCUT2D eigenvalue weighted by Gasteiger charge is -2.40. The largest absolute Gasteiger partial charge is 0.371 e. The highest BCUT2D eigenvalue weighted by atomic mass is 16.5. The molecule has 0 bridgehead atoms. The van der Waals surface area contributed by atoms with Crippen molar-refractivity contribution in [1.82, 2.24) is 10.6 Å². The quantitative estimate of drug-likeness (QED) is 0.651. The summed E-state index contributed by atoms with van der Waals surface area (Å²) in [6.45, 7) is 1.96. The van der Waals surface area contributed by atoms with E-state index >= 15 is 0 Å². The summed E-state index contributed by atoms with van der Waals surface area (Å²) in [6, 6.07) is 7.05. The Hall–Kier alpha value is -2.67. The number of benzene rings is 1. The van der Waals surface area contributed by atoms with Gasteiger partial charge in [-0.1, -0.05) is 37.1 Å². The number of aryl methyl sites for hydroxylation is 1. The lowest BCUT2D eigenvalue weighted by atomic mass is 9.71. The van der Waals surface area contributed by atoms with Crippen LogP contribution in [0, 0.1) is 18.8 Å². The molecular formula is C26H33N3O4. The third-order valence-corrected chi connectivity index (χ3v) is 7.69. The molecule has 176 valence electrons. The van der Waals surface area contributed by atoms with Crippen LogP contribution < -0.4 is 15.5 Å². The molecule has 4 atom stereocenters. The molecule has 3 aliphatic carbocycles. The number of carbonyl (C=O) groups is 3. The molecule has 33 heavy (non-hydrogen) atoms. The highest BCUT2D eigenvalue weighted by molar-refractivity contribution is 6.09. The van der Waals surface area contributed by atoms with E-state index in [9.17, 15) is 14.4 Å². The number of amides is 3. The molecule has 0 spiro atoms. The first-order valence-corrected chi connectivity index (χ1v) is 12.2. The summed E-state index contributed by atoms with van der Waals surface area (Å²) >= 11 is 0. The first kappa shape index (κ1) is 22.1. The lowest BCUT2D eigenvalue weighted by molar-refractivity contribution is -0.141. The summed E-state index contributed by atoms with van der Waals surface area (Å²) in [5.74, 6) is -1.89. The molecule has 7 heteroatoms. The molecule has 5 rings (SSSR count). The van der Waals surface area contributed by atoms with Crippen LogP contribution in [0.1, 0.15) is 50.5 Å². The lowest BCUT2D eigenvalue weighted by Crippen LogP contribution is -2.59. The second kappa shape index (κ2) is 8.60. The summed E-state index contributed by atoms with van der Waals surface area (Å²) in [5.41, 5.74) is 0.454. The molecular weight excluding hydrogens is 418 g/mol. The molecule has 1 aromatic rings. The van der Waals surface area contributed by atoms with Gasteiger partial charge in [-0.3, -0.25) is 19.3 Å². The van der Waals surface area contributed by atoms with Gasteiger partial charge in [0.1, 0.15) is 11.6 Å². The van der Waals surface area contributed by atoms with Gasteiger partial charge in [0.2, 0.25) is 17.7 Å². The smallest absolute Gasteiger partial charge is 0.246 e. The van der Waals surface area contributed by atoms with Crippen LogP contribution in [0.2, 0.25) is 0 Å². The molecule has 1 saturated heterocycles. The number of anilines is 1. The molecule has 1 aromatic carbocycles. The fraction of sp³-hybridized carbons (Fsp3) is 0.577. The second-order valence-corrected chi connectivity index (χ2v) is 10.0. The molecule has 0 unspecified atom stereocenters. The average molecular weight is 452 g/mol. The van der Waals surface area contributed by atoms with Crippen molar-refractivity contribution < 1.29 is 19.1 Å². The maximum Gasteiger partial charge on any atom is 0.246 e. The summed E-state index contributed by atoms with van der Waals surface area (Å²) < 4.78 is 6.06. The molecule has 0 radical (unpaired) electrons. The van der Waals surface area contributed by atoms with Gasteiger partial charge in [0, 0.05) is 24.9 Å². The molecule has 2 N–H and O–H groups in total. The first-order valence-electron chi connectivity index (χ1n) is 12.2. The third-order valence-electron chi connectivity index (χ3n) is 7.69. The number of allylic oxidation sites excluding steroid dienone is 1. The monoisotopic (exact) mass is 451 g/mol. The van der Waals surface area contributed by atoms with E-state index in [4.69, 9.17) is 4.74 Å². The first-order chi connectivity index (χ1) is 15.9. The van der Waals surface area contributed by atoms with E-state index in [0.29, 0.717) is 12.1 Å². The predicted molar refractivity (Wildman–Crippen MR) is 124 cm³/mol. The van der Waals surface area contributed by atoms with Crippen LogP contribution in [-0.4, -0.2) is 48.6 Å². The fourth-order valence-corrected chi connectivity index (χ4v) is 5.89. The zero-order valence-corrected chi connectivity index (χ0v) is 19.4. The standard InChI is InChI=1S/C26H33N3O4/c1-16-7-5-10-19(15-16)29-22(24(31)28-17-8-3-4-9-17)26(33-2)14-6-11-20(21(26)25(29)32)23(30)27-18-12-13-18/h5-7,10,14-15,17-18,20-22H,3-4,8-9,11-13H2,1-2H3,(H,27,30)(H,28,31)/t20-,21-,22+,26+/m1/s1. The van der Waals surface area contributed by atoms with Gasteiger partial charge in [-0.15, -0.1) is 0 Å². The maximum absolute atomic E-state index is 14.0. The number of hydrogen-bond acceptors (Lipinski definition) is 4. The number of methoxy groups -OCH3 is 1. The van der Waals surface area contributed by atoms with Crippen LogP contribution >= 0.6 is 0 Å². The topological polar surface area (TPSA) is 87.7 Å². The van der Waals surface area contributed by atoms with Gasteiger partial charge in [0.15, 0.2) is 0 Å². The Morgan fingerprint density at radius 1 is 1.06 bits per heavy atom. The summed E-state index contributed by atoms with van der Waals surface area (Å²) in [5, 5.41) is 6.25. The van der Waals surface area contributed by atoms with Crippen molar-refractivity contribution in [3.63, 3.8) is 0 Å². The Balaban J connectivity index is 1.57. The van der Waals surface area contributed by atoms with E-state index in [2.05, 4.69) is 10.6 Å². The Kier molecular flexibility index (Phi) is 5.77. The van der Waals surface area contributed by atoms with Crippen molar-refractivity contribution in [3.8, 4) is 0 Å². The molecule has 4 aliphatic rings. The van der Waals surface area contributed by atoms with E-state index in [1.807, 2.05) is 43.3 Å². The van der Waals surface area contributed by atoms with Crippen LogP contribution in [0.15, 0.2) is 36.4 Å². The second-order valence-electron chi connectivity index (χ2n) is 10.0. The van der Waals surface area contributed by atoms with Crippen molar-refractivity contribution in [2.75, 3.05) is 12.0 Å². The van der Waals surface area contributed by atoms with E-state index in [1.165, 1.54) is 0 Å². The molecule has 0 aromatic heterocycles. The van der Waals surface area contributed by atoms with Gasteiger partial charge in [-0.05, 0) is 56.7 Å². The molecule has 3 fully saturated rings. The SMILES string of the molecule is CO[C@@]12C=CC[C@@H](C(=O)NC3CC3)[C@@H]1C(=O)N(c1cccc(C)c1)[C@H]2C(=O)NC1CCCC1. The number of fused-ring (bicyclic) bond motifs is 1. The molecule has 1 aliphatic heterocycles. The Bertz CT molecular complexity index is 982. The maximum atomic E-state index is 14.0. The van der Waals surface area contributed by atoms with Crippen LogP contribution in [0.4, 0.5) is 5.69 Å². The number of rotatable bonds is 6. The molecule has 7 nitrogen and oxygen atoms in total. The number of carbonyl (C=O) groups excluding carboxylic acids is 3. The summed E-state index contributed by atoms with van der Waals surface area (Å²) in [4.78, 5) is 42.6. The zero-order valence-electron chi connectivity index (χ0n) is 19.4. The highest BCUT2D eigenvalue weighted by Gasteiger charge is 2.66. The Morgan fingerprint density at radius 3 is 2.42 bits per heavy atom. The van der Waals surface area contributed by atoms with E-state index in [1.54, 1.807) is 12.0 Å². The van der Waals surface area contributed by atoms with E-state index in [0.717, 1.165) is 44.1 Å². The number of hydrogen-bond donors (Lipinski definition) is 2. The predicted octanol–water partition coefficient (Wildman–Crippen LogP) is 2.63. The van der Waals surface area contributed by atoms with Gasteiger partial charge in [0.05, 0.1) is 11.8 Å². The van der Waals surface area contributed by atoms with Gasteiger partial charge in [-0.25, -0.2) is 0 Å². The molecule has 1 heterocycles. The summed E-state index contributed by atoms with van der Waals surface area (Å²) in [6.07, 6.45) is 10.2. The van der Waals surface area contributed by atoms with Crippen LogP contribution in [0.3, 0.4) is 0 Å². The van der Waals surface area contributed by atoms with Gasteiger partial charge >= 0.3 is 0 Å². The van der Waals surface area contributed by atoms with Crippen LogP contribution in [0.25, 0.3) is 0 Å². The minimum absolute atomic E-state index is 0.112. The van der Waals surface area contributed by atoms with Gasteiger partial charge in [-0.2, -0.15) is 0 Å². The van der Waals surface area contributed by atoms with E-state index < -0.39 is 23.5 Å². The van der Waals surface area contributed by atoms with Gasteiger partial charge in [0.25, 0.3) is 0 Å². The minimum Gasteiger partial charge on any atom is -0.371 e. The Labute approximate surface area is 194 Å². The van der Waals surface area contributed by atoms with Crippen molar-refractivity contribution in [2.45, 2.75) is 75.6 Å². The third kappa shape index (κ3) is 3.86. The van der Waals surface area contributed by atoms with Crippen molar-refractivity contribution in [3.05, 3.63) is 42.0 Å². The number of nitrogens with one attached hydrogen (secondary N) is 2. The normalized spacial score (nSPS) is 31.5. The fourth-order valence-electron chi connectivity index (χ4n) is 5.89. The molecule has 3 amide bonds. The number of ether oxygens (including phenoxy) is 1. The Morgan fingerprint density at radius 2 is 1.76 bits per heavy atom. The van der Waals surface area contributed by atoms with Crippen LogP contribution in [-0.2, 0) is 19.1 Å². The molecule has 2 saturated carbocycles. The number of nitrogens with zero attached hydrogens (tertiary/aromatic N) is 1. The highest BCUT2D eigenvalue weighted by Crippen LogP contribution is 2.48. The zero-order chi connectivity index (χ0) is 23.2.